The average Bonchev–Trinajstić information content (AvgIpc) is 3.55. The molecule has 1 N–H and O–H groups in total. The Morgan fingerprint density at radius 3 is 2.19 bits per heavy atom. The van der Waals surface area contributed by atoms with E-state index in [4.69, 9.17) is 4.74 Å². The number of nitrogens with one attached hydrogen (secondary N) is 1. The second-order valence-electron chi connectivity index (χ2n) is 11.8. The highest BCUT2D eigenvalue weighted by atomic mass is 19.4. The lowest BCUT2D eigenvalue weighted by atomic mass is 9.74. The van der Waals surface area contributed by atoms with Crippen molar-refractivity contribution in [3.05, 3.63) is 59.1 Å². The monoisotopic (exact) mass is 523 g/mol. The fourth-order valence-corrected chi connectivity index (χ4v) is 4.92. The van der Waals surface area contributed by atoms with Gasteiger partial charge in [0.15, 0.2) is 0 Å². The maximum absolute atomic E-state index is 14.8. The second kappa shape index (κ2) is 10.3. The number of aryl methyl sites for hydroxylation is 1. The summed E-state index contributed by atoms with van der Waals surface area (Å²) in [5, 5.41) is 2.44. The average molecular weight is 524 g/mol. The predicted molar refractivity (Wildman–Crippen MR) is 134 cm³/mol. The van der Waals surface area contributed by atoms with Crippen molar-refractivity contribution >= 4 is 11.9 Å². The van der Waals surface area contributed by atoms with Crippen molar-refractivity contribution in [2.75, 3.05) is 0 Å². The standard InChI is InChI=1S/C29H37F4NO3/c1-7-19-8-10-20(11-9-19)23(18(2)29(31,32)33)24(35)34-22-16-27(6,13-12-21(22)30)17-28(14-15-28)25(36)37-26(3,4)5/h8-12,16,18,23H,7,13-15,17H2,1-6H3,(H,34,35)/t18-,23+,27?/m1/s1. The van der Waals surface area contributed by atoms with Crippen molar-refractivity contribution in [3.63, 3.8) is 0 Å². The molecule has 0 bridgehead atoms. The summed E-state index contributed by atoms with van der Waals surface area (Å²) in [6.07, 6.45) is 0.928. The minimum Gasteiger partial charge on any atom is -0.460 e. The van der Waals surface area contributed by atoms with Gasteiger partial charge in [0.05, 0.1) is 22.9 Å². The van der Waals surface area contributed by atoms with E-state index in [9.17, 15) is 27.2 Å². The van der Waals surface area contributed by atoms with Crippen molar-refractivity contribution in [1.29, 1.82) is 0 Å². The Morgan fingerprint density at radius 2 is 1.70 bits per heavy atom. The van der Waals surface area contributed by atoms with E-state index in [-0.39, 0.29) is 17.2 Å². The summed E-state index contributed by atoms with van der Waals surface area (Å²) in [5.74, 6) is -5.47. The first-order chi connectivity index (χ1) is 17.0. The third-order valence-electron chi connectivity index (χ3n) is 7.23. The van der Waals surface area contributed by atoms with Crippen LogP contribution in [0.2, 0.25) is 0 Å². The number of alkyl halides is 3. The van der Waals surface area contributed by atoms with Gasteiger partial charge in [-0.05, 0) is 75.5 Å². The lowest BCUT2D eigenvalue weighted by Crippen LogP contribution is -2.39. The number of allylic oxidation sites excluding steroid dienone is 3. The molecule has 1 aromatic carbocycles. The number of carbonyl (C=O) groups excluding carboxylic acids is 2. The second-order valence-corrected chi connectivity index (χ2v) is 11.8. The molecule has 3 rings (SSSR count). The molecule has 1 unspecified atom stereocenters. The smallest absolute Gasteiger partial charge is 0.392 e. The number of amides is 1. The molecule has 1 aromatic rings. The topological polar surface area (TPSA) is 55.4 Å². The number of esters is 1. The van der Waals surface area contributed by atoms with E-state index in [0.717, 1.165) is 12.5 Å². The van der Waals surface area contributed by atoms with Crippen LogP contribution in [0.1, 0.15) is 84.3 Å². The molecule has 0 aromatic heterocycles. The number of rotatable bonds is 8. The highest BCUT2D eigenvalue weighted by Crippen LogP contribution is 2.57. The van der Waals surface area contributed by atoms with Gasteiger partial charge in [-0.2, -0.15) is 13.2 Å². The van der Waals surface area contributed by atoms with E-state index in [0.29, 0.717) is 32.1 Å². The van der Waals surface area contributed by atoms with Crippen LogP contribution in [0.15, 0.2) is 47.9 Å². The Bertz CT molecular complexity index is 1080. The molecule has 1 saturated carbocycles. The van der Waals surface area contributed by atoms with Gasteiger partial charge in [-0.25, -0.2) is 4.39 Å². The van der Waals surface area contributed by atoms with Gasteiger partial charge in [0.1, 0.15) is 11.4 Å². The minimum atomic E-state index is -4.62. The van der Waals surface area contributed by atoms with Crippen LogP contribution in [-0.4, -0.2) is 23.7 Å². The van der Waals surface area contributed by atoms with Gasteiger partial charge < -0.3 is 10.1 Å². The van der Waals surface area contributed by atoms with E-state index in [1.165, 1.54) is 18.2 Å². The minimum absolute atomic E-state index is 0.164. The molecule has 0 spiro atoms. The number of halogens is 4. The van der Waals surface area contributed by atoms with E-state index in [1.54, 1.807) is 39.0 Å². The van der Waals surface area contributed by atoms with Crippen LogP contribution in [0, 0.1) is 16.7 Å². The first-order valence-electron chi connectivity index (χ1n) is 12.8. The van der Waals surface area contributed by atoms with Gasteiger partial charge in [-0.1, -0.05) is 51.1 Å². The van der Waals surface area contributed by atoms with E-state index in [2.05, 4.69) is 5.32 Å². The van der Waals surface area contributed by atoms with Crippen LogP contribution in [0.4, 0.5) is 17.6 Å². The van der Waals surface area contributed by atoms with Crippen molar-refractivity contribution in [2.45, 2.75) is 91.3 Å². The number of carbonyl (C=O) groups is 2. The molecule has 37 heavy (non-hydrogen) atoms. The summed E-state index contributed by atoms with van der Waals surface area (Å²) in [6, 6.07) is 6.44. The molecular formula is C29H37F4NO3. The highest BCUT2D eigenvalue weighted by Gasteiger charge is 2.55. The van der Waals surface area contributed by atoms with Crippen LogP contribution in [0.3, 0.4) is 0 Å². The number of ether oxygens (including phenoxy) is 1. The first kappa shape index (κ1) is 28.9. The van der Waals surface area contributed by atoms with Crippen LogP contribution >= 0.6 is 0 Å². The van der Waals surface area contributed by atoms with Gasteiger partial charge in [0.2, 0.25) is 5.91 Å². The molecule has 4 nitrogen and oxygen atoms in total. The SMILES string of the molecule is CCc1ccc([C@@H](C(=O)NC2=CC(C)(CC3(C(=O)OC(C)(C)C)CC3)CC=C2F)[C@@H](C)C(F)(F)F)cc1. The van der Waals surface area contributed by atoms with E-state index in [1.807, 2.05) is 13.8 Å². The van der Waals surface area contributed by atoms with Crippen molar-refractivity contribution < 1.29 is 31.9 Å². The molecular weight excluding hydrogens is 486 g/mol. The van der Waals surface area contributed by atoms with Crippen LogP contribution < -0.4 is 5.32 Å². The predicted octanol–water partition coefficient (Wildman–Crippen LogP) is 7.31. The van der Waals surface area contributed by atoms with Crippen LogP contribution in [0.5, 0.6) is 0 Å². The first-order valence-corrected chi connectivity index (χ1v) is 12.8. The summed E-state index contributed by atoms with van der Waals surface area (Å²) in [4.78, 5) is 26.1. The molecule has 1 amide bonds. The Morgan fingerprint density at radius 1 is 1.11 bits per heavy atom. The summed E-state index contributed by atoms with van der Waals surface area (Å²) in [6.45, 7) is 10.1. The molecule has 0 heterocycles. The third-order valence-corrected chi connectivity index (χ3v) is 7.23. The fourth-order valence-electron chi connectivity index (χ4n) is 4.92. The molecule has 3 atom stereocenters. The van der Waals surface area contributed by atoms with Crippen molar-refractivity contribution in [3.8, 4) is 0 Å². The highest BCUT2D eigenvalue weighted by molar-refractivity contribution is 5.86. The molecule has 2 aliphatic rings. The lowest BCUT2D eigenvalue weighted by Gasteiger charge is -2.34. The Labute approximate surface area is 216 Å². The number of benzene rings is 1. The van der Waals surface area contributed by atoms with Gasteiger partial charge in [-0.15, -0.1) is 0 Å². The lowest BCUT2D eigenvalue weighted by molar-refractivity contribution is -0.178. The quantitative estimate of drug-likeness (QED) is 0.287. The molecule has 2 aliphatic carbocycles. The van der Waals surface area contributed by atoms with Crippen molar-refractivity contribution in [2.24, 2.45) is 16.7 Å². The zero-order chi connectivity index (χ0) is 27.8. The molecule has 8 heteroatoms. The normalized spacial score (nSPS) is 22.9. The van der Waals surface area contributed by atoms with Crippen LogP contribution in [0.25, 0.3) is 0 Å². The zero-order valence-electron chi connectivity index (χ0n) is 22.4. The van der Waals surface area contributed by atoms with E-state index >= 15 is 0 Å². The summed E-state index contributed by atoms with van der Waals surface area (Å²) >= 11 is 0. The Hall–Kier alpha value is -2.64. The van der Waals surface area contributed by atoms with Gasteiger partial charge in [0.25, 0.3) is 0 Å². The van der Waals surface area contributed by atoms with E-state index < -0.39 is 46.2 Å². The van der Waals surface area contributed by atoms with Gasteiger partial charge in [-0.3, -0.25) is 9.59 Å². The largest absolute Gasteiger partial charge is 0.460 e. The maximum atomic E-state index is 14.8. The van der Waals surface area contributed by atoms with Gasteiger partial charge >= 0.3 is 12.1 Å². The Balaban J connectivity index is 1.85. The Kier molecular flexibility index (Phi) is 8.02. The fraction of sp³-hybridized carbons (Fsp3) is 0.586. The zero-order valence-corrected chi connectivity index (χ0v) is 22.4. The maximum Gasteiger partial charge on any atom is 0.392 e. The number of hydrogen-bond donors (Lipinski definition) is 1. The summed E-state index contributed by atoms with van der Waals surface area (Å²) in [7, 11) is 0. The van der Waals surface area contributed by atoms with Gasteiger partial charge in [0, 0.05) is 0 Å². The molecule has 0 radical (unpaired) electrons. The molecule has 1 fully saturated rings. The molecule has 0 saturated heterocycles. The molecule has 204 valence electrons. The number of hydrogen-bond acceptors (Lipinski definition) is 3. The summed E-state index contributed by atoms with van der Waals surface area (Å²) in [5.41, 5.74) is -1.02. The van der Waals surface area contributed by atoms with Crippen LogP contribution in [-0.2, 0) is 20.7 Å². The van der Waals surface area contributed by atoms with Crippen molar-refractivity contribution in [1.82, 2.24) is 5.32 Å². The third kappa shape index (κ3) is 7.02. The summed E-state index contributed by atoms with van der Waals surface area (Å²) < 4.78 is 61.6. The molecule has 0 aliphatic heterocycles.